The van der Waals surface area contributed by atoms with E-state index < -0.39 is 11.6 Å². The van der Waals surface area contributed by atoms with Crippen molar-refractivity contribution in [3.63, 3.8) is 0 Å². The van der Waals surface area contributed by atoms with Crippen LogP contribution in [-0.2, 0) is 4.79 Å². The average molecular weight is 327 g/mol. The zero-order chi connectivity index (χ0) is 16.7. The molecule has 4 rings (SSSR count). The Morgan fingerprint density at radius 1 is 0.958 bits per heavy atom. The summed E-state index contributed by atoms with van der Waals surface area (Å²) >= 11 is 0. The Balaban J connectivity index is 1.65. The predicted octanol–water partition coefficient (Wildman–Crippen LogP) is 4.36. The lowest BCUT2D eigenvalue weighted by atomic mass is 9.95. The third kappa shape index (κ3) is 2.60. The van der Waals surface area contributed by atoms with Crippen LogP contribution < -0.4 is 0 Å². The summed E-state index contributed by atoms with van der Waals surface area (Å²) in [6.07, 6.45) is 2.91. The summed E-state index contributed by atoms with van der Waals surface area (Å²) in [7, 11) is 0. The lowest BCUT2D eigenvalue weighted by Gasteiger charge is -2.16. The number of amides is 1. The van der Waals surface area contributed by atoms with Gasteiger partial charge in [-0.3, -0.25) is 4.79 Å². The van der Waals surface area contributed by atoms with Crippen molar-refractivity contribution in [3.8, 4) is 11.1 Å². The van der Waals surface area contributed by atoms with E-state index in [2.05, 4.69) is 0 Å². The van der Waals surface area contributed by atoms with Crippen molar-refractivity contribution in [1.82, 2.24) is 4.90 Å². The fraction of sp³-hybridized carbons (Fsp3) is 0.350. The molecule has 24 heavy (non-hydrogen) atoms. The Morgan fingerprint density at radius 3 is 2.33 bits per heavy atom. The van der Waals surface area contributed by atoms with Gasteiger partial charge in [0.15, 0.2) is 0 Å². The van der Waals surface area contributed by atoms with Crippen molar-refractivity contribution >= 4 is 5.91 Å². The predicted molar refractivity (Wildman–Crippen MR) is 88.5 cm³/mol. The Bertz CT molecular complexity index is 763. The molecular formula is C20H19F2NO. The lowest BCUT2D eigenvalue weighted by molar-refractivity contribution is -0.131. The van der Waals surface area contributed by atoms with Gasteiger partial charge in [0.2, 0.25) is 5.91 Å². The van der Waals surface area contributed by atoms with Crippen molar-refractivity contribution in [3.05, 3.63) is 59.7 Å². The minimum atomic E-state index is -0.564. The number of halogens is 2. The molecule has 2 aromatic rings. The summed E-state index contributed by atoms with van der Waals surface area (Å²) in [5, 5.41) is 0. The van der Waals surface area contributed by atoms with Crippen LogP contribution in [0.2, 0.25) is 0 Å². The number of rotatable bonds is 3. The summed E-state index contributed by atoms with van der Waals surface area (Å²) in [4.78, 5) is 14.5. The number of carbonyl (C=O) groups excluding carboxylic acids is 1. The molecule has 4 heteroatoms. The molecule has 2 aliphatic rings. The minimum absolute atomic E-state index is 0.00683. The Labute approximate surface area is 140 Å². The molecule has 1 amide bonds. The van der Waals surface area contributed by atoms with Gasteiger partial charge in [0.1, 0.15) is 11.6 Å². The van der Waals surface area contributed by atoms with Gasteiger partial charge in [-0.05, 0) is 48.4 Å². The molecule has 0 spiro atoms. The molecule has 2 atom stereocenters. The van der Waals surface area contributed by atoms with Gasteiger partial charge in [-0.15, -0.1) is 0 Å². The lowest BCUT2D eigenvalue weighted by Crippen LogP contribution is -2.29. The number of hydrogen-bond acceptors (Lipinski definition) is 1. The molecule has 2 fully saturated rings. The molecule has 0 bridgehead atoms. The van der Waals surface area contributed by atoms with Crippen LogP contribution in [-0.4, -0.2) is 23.9 Å². The van der Waals surface area contributed by atoms with Crippen molar-refractivity contribution in [1.29, 1.82) is 0 Å². The summed E-state index contributed by atoms with van der Waals surface area (Å²) < 4.78 is 28.4. The first-order valence-electron chi connectivity index (χ1n) is 8.49. The number of benzene rings is 2. The van der Waals surface area contributed by atoms with Gasteiger partial charge < -0.3 is 4.90 Å². The third-order valence-corrected chi connectivity index (χ3v) is 5.12. The molecule has 2 aromatic carbocycles. The smallest absolute Gasteiger partial charge is 0.226 e. The van der Waals surface area contributed by atoms with E-state index in [1.54, 1.807) is 12.1 Å². The first-order chi connectivity index (χ1) is 11.7. The monoisotopic (exact) mass is 327 g/mol. The number of nitrogens with zero attached hydrogens (tertiary/aromatic N) is 1. The SMILES string of the molecule is O=C(C1CC1c1ccccc1-c1c(F)cccc1F)N1CCCC1. The molecule has 2 nitrogen and oxygen atoms in total. The third-order valence-electron chi connectivity index (χ3n) is 5.12. The quantitative estimate of drug-likeness (QED) is 0.820. The van der Waals surface area contributed by atoms with Crippen LogP contribution in [0.25, 0.3) is 11.1 Å². The number of likely N-dealkylation sites (tertiary alicyclic amines) is 1. The van der Waals surface area contributed by atoms with E-state index in [0.29, 0.717) is 5.56 Å². The Kier molecular flexibility index (Phi) is 3.83. The molecular weight excluding hydrogens is 308 g/mol. The highest BCUT2D eigenvalue weighted by atomic mass is 19.1. The van der Waals surface area contributed by atoms with E-state index in [1.807, 2.05) is 17.0 Å². The van der Waals surface area contributed by atoms with Crippen LogP contribution in [0.3, 0.4) is 0 Å². The highest BCUT2D eigenvalue weighted by molar-refractivity contribution is 5.84. The van der Waals surface area contributed by atoms with E-state index >= 15 is 0 Å². The average Bonchev–Trinajstić information content (AvgIpc) is 3.18. The zero-order valence-electron chi connectivity index (χ0n) is 13.3. The molecule has 0 aromatic heterocycles. The maximum absolute atomic E-state index is 14.2. The van der Waals surface area contributed by atoms with E-state index in [0.717, 1.165) is 37.9 Å². The molecule has 1 saturated carbocycles. The molecule has 1 heterocycles. The second-order valence-electron chi connectivity index (χ2n) is 6.66. The molecule has 1 aliphatic heterocycles. The molecule has 1 aliphatic carbocycles. The maximum Gasteiger partial charge on any atom is 0.226 e. The van der Waals surface area contributed by atoms with Crippen LogP contribution in [0.1, 0.15) is 30.7 Å². The van der Waals surface area contributed by atoms with Gasteiger partial charge in [0.05, 0.1) is 5.56 Å². The Hall–Kier alpha value is -2.23. The van der Waals surface area contributed by atoms with Crippen LogP contribution in [0.5, 0.6) is 0 Å². The van der Waals surface area contributed by atoms with Gasteiger partial charge in [-0.2, -0.15) is 0 Å². The standard InChI is InChI=1S/C20H19F2NO/c21-17-8-5-9-18(22)19(17)14-7-2-1-6-13(14)15-12-16(15)20(24)23-10-3-4-11-23/h1-2,5-9,15-16H,3-4,10-12H2. The van der Waals surface area contributed by atoms with E-state index in [1.165, 1.54) is 18.2 Å². The fourth-order valence-corrected chi connectivity index (χ4v) is 3.79. The largest absolute Gasteiger partial charge is 0.342 e. The van der Waals surface area contributed by atoms with E-state index in [9.17, 15) is 13.6 Å². The fourth-order valence-electron chi connectivity index (χ4n) is 3.79. The second kappa shape index (κ2) is 6.00. The molecule has 124 valence electrons. The van der Waals surface area contributed by atoms with Gasteiger partial charge >= 0.3 is 0 Å². The van der Waals surface area contributed by atoms with Gasteiger partial charge in [-0.25, -0.2) is 8.78 Å². The Morgan fingerprint density at radius 2 is 1.62 bits per heavy atom. The van der Waals surface area contributed by atoms with Gasteiger partial charge in [-0.1, -0.05) is 30.3 Å². The topological polar surface area (TPSA) is 20.3 Å². The van der Waals surface area contributed by atoms with Crippen molar-refractivity contribution < 1.29 is 13.6 Å². The molecule has 1 saturated heterocycles. The van der Waals surface area contributed by atoms with Crippen molar-refractivity contribution in [2.45, 2.75) is 25.2 Å². The van der Waals surface area contributed by atoms with Crippen molar-refractivity contribution in [2.24, 2.45) is 5.92 Å². The van der Waals surface area contributed by atoms with Crippen LogP contribution in [0.15, 0.2) is 42.5 Å². The number of carbonyl (C=O) groups is 1. The van der Waals surface area contributed by atoms with Gasteiger partial charge in [0.25, 0.3) is 0 Å². The zero-order valence-corrected chi connectivity index (χ0v) is 13.3. The molecule has 0 N–H and O–H groups in total. The first-order valence-corrected chi connectivity index (χ1v) is 8.49. The van der Waals surface area contributed by atoms with E-state index in [-0.39, 0.29) is 23.3 Å². The molecule has 0 radical (unpaired) electrons. The van der Waals surface area contributed by atoms with Crippen LogP contribution in [0.4, 0.5) is 8.78 Å². The minimum Gasteiger partial charge on any atom is -0.342 e. The second-order valence-corrected chi connectivity index (χ2v) is 6.66. The highest BCUT2D eigenvalue weighted by Gasteiger charge is 2.47. The normalized spacial score (nSPS) is 22.7. The van der Waals surface area contributed by atoms with E-state index in [4.69, 9.17) is 0 Å². The summed E-state index contributed by atoms with van der Waals surface area (Å²) in [5.41, 5.74) is 1.45. The maximum atomic E-state index is 14.2. The van der Waals surface area contributed by atoms with Crippen LogP contribution >= 0.6 is 0 Å². The van der Waals surface area contributed by atoms with Gasteiger partial charge in [0, 0.05) is 19.0 Å². The molecule has 2 unspecified atom stereocenters. The van der Waals surface area contributed by atoms with Crippen molar-refractivity contribution in [2.75, 3.05) is 13.1 Å². The summed E-state index contributed by atoms with van der Waals surface area (Å²) in [6, 6.07) is 11.2. The van der Waals surface area contributed by atoms with Crippen LogP contribution in [0, 0.1) is 17.6 Å². The first kappa shape index (κ1) is 15.3. The highest BCUT2D eigenvalue weighted by Crippen LogP contribution is 2.51. The summed E-state index contributed by atoms with van der Waals surface area (Å²) in [6.45, 7) is 1.68. The number of hydrogen-bond donors (Lipinski definition) is 0. The summed E-state index contributed by atoms with van der Waals surface area (Å²) in [5.74, 6) is -0.912.